The SMILES string of the molecule is CCN(C)/C=N\c1cc(C)cc(Nc2ccc(F)cc2)c1Cl. The molecule has 0 radical (unpaired) electrons. The van der Waals surface area contributed by atoms with E-state index in [-0.39, 0.29) is 5.82 Å². The average Bonchev–Trinajstić information content (AvgIpc) is 2.50. The molecular weight excluding hydrogens is 301 g/mol. The summed E-state index contributed by atoms with van der Waals surface area (Å²) >= 11 is 6.42. The predicted octanol–water partition coefficient (Wildman–Crippen LogP) is 5.14. The summed E-state index contributed by atoms with van der Waals surface area (Å²) in [6.07, 6.45) is 1.75. The summed E-state index contributed by atoms with van der Waals surface area (Å²) < 4.78 is 13.0. The summed E-state index contributed by atoms with van der Waals surface area (Å²) in [6.45, 7) is 4.90. The molecule has 0 saturated heterocycles. The third-order valence-corrected chi connectivity index (χ3v) is 3.61. The van der Waals surface area contributed by atoms with Crippen LogP contribution < -0.4 is 5.32 Å². The number of rotatable bonds is 5. The van der Waals surface area contributed by atoms with Gasteiger partial charge >= 0.3 is 0 Å². The van der Waals surface area contributed by atoms with Gasteiger partial charge in [-0.3, -0.25) is 0 Å². The van der Waals surface area contributed by atoms with E-state index in [1.54, 1.807) is 18.5 Å². The van der Waals surface area contributed by atoms with Crippen LogP contribution in [0.5, 0.6) is 0 Å². The Bertz CT molecular complexity index is 668. The van der Waals surface area contributed by atoms with Crippen LogP contribution in [0.2, 0.25) is 5.02 Å². The molecule has 2 aromatic rings. The zero-order valence-corrected chi connectivity index (χ0v) is 13.7. The van der Waals surface area contributed by atoms with Gasteiger partial charge in [-0.1, -0.05) is 11.6 Å². The van der Waals surface area contributed by atoms with Gasteiger partial charge in [0.05, 0.1) is 22.7 Å². The van der Waals surface area contributed by atoms with Gasteiger partial charge in [-0.15, -0.1) is 0 Å². The van der Waals surface area contributed by atoms with Gasteiger partial charge in [-0.25, -0.2) is 9.38 Å². The fourth-order valence-corrected chi connectivity index (χ4v) is 2.07. The Morgan fingerprint density at radius 1 is 1.27 bits per heavy atom. The third-order valence-electron chi connectivity index (χ3n) is 3.21. The van der Waals surface area contributed by atoms with E-state index in [9.17, 15) is 4.39 Å². The molecule has 3 nitrogen and oxygen atoms in total. The van der Waals surface area contributed by atoms with Crippen LogP contribution >= 0.6 is 11.6 Å². The van der Waals surface area contributed by atoms with E-state index in [4.69, 9.17) is 11.6 Å². The number of aryl methyl sites for hydroxylation is 1. The van der Waals surface area contributed by atoms with Crippen molar-refractivity contribution in [3.05, 3.63) is 52.8 Å². The Kier molecular flexibility index (Phi) is 5.39. The summed E-state index contributed by atoms with van der Waals surface area (Å²) in [5, 5.41) is 3.73. The lowest BCUT2D eigenvalue weighted by molar-refractivity contribution is 0.552. The highest BCUT2D eigenvalue weighted by Crippen LogP contribution is 2.35. The van der Waals surface area contributed by atoms with Gasteiger partial charge in [-0.2, -0.15) is 0 Å². The molecule has 2 aromatic carbocycles. The highest BCUT2D eigenvalue weighted by Gasteiger charge is 2.08. The van der Waals surface area contributed by atoms with Crippen molar-refractivity contribution in [2.75, 3.05) is 18.9 Å². The molecule has 0 fully saturated rings. The van der Waals surface area contributed by atoms with E-state index in [0.29, 0.717) is 10.7 Å². The lowest BCUT2D eigenvalue weighted by Gasteiger charge is -2.13. The fourth-order valence-electron chi connectivity index (χ4n) is 1.87. The van der Waals surface area contributed by atoms with E-state index in [0.717, 1.165) is 23.5 Å². The standard InChI is InChI=1S/C17H19ClFN3/c1-4-22(3)11-20-15-9-12(2)10-16(17(15)18)21-14-7-5-13(19)6-8-14/h5-11,21H,4H2,1-3H3/b20-11-. The molecular formula is C17H19ClFN3. The number of hydrogen-bond donors (Lipinski definition) is 1. The van der Waals surface area contributed by atoms with Crippen molar-refractivity contribution in [2.45, 2.75) is 13.8 Å². The largest absolute Gasteiger partial charge is 0.366 e. The van der Waals surface area contributed by atoms with Gasteiger partial charge in [0.15, 0.2) is 0 Å². The maximum Gasteiger partial charge on any atom is 0.123 e. The minimum absolute atomic E-state index is 0.270. The van der Waals surface area contributed by atoms with E-state index in [2.05, 4.69) is 10.3 Å². The molecule has 22 heavy (non-hydrogen) atoms. The second kappa shape index (κ2) is 7.27. The monoisotopic (exact) mass is 319 g/mol. The Balaban J connectivity index is 2.30. The number of benzene rings is 2. The Hall–Kier alpha value is -2.07. The predicted molar refractivity (Wildman–Crippen MR) is 92.3 cm³/mol. The molecule has 0 aliphatic carbocycles. The molecule has 5 heteroatoms. The van der Waals surface area contributed by atoms with E-state index < -0.39 is 0 Å². The van der Waals surface area contributed by atoms with Crippen LogP contribution in [0.4, 0.5) is 21.5 Å². The second-order valence-electron chi connectivity index (χ2n) is 5.10. The zero-order valence-electron chi connectivity index (χ0n) is 12.9. The van der Waals surface area contributed by atoms with Gasteiger partial charge in [0, 0.05) is 19.3 Å². The van der Waals surface area contributed by atoms with E-state index in [1.165, 1.54) is 12.1 Å². The van der Waals surface area contributed by atoms with Gasteiger partial charge in [0.1, 0.15) is 5.82 Å². The smallest absolute Gasteiger partial charge is 0.123 e. The third kappa shape index (κ3) is 4.21. The summed E-state index contributed by atoms with van der Waals surface area (Å²) in [7, 11) is 1.95. The minimum atomic E-state index is -0.270. The van der Waals surface area contributed by atoms with Crippen molar-refractivity contribution in [1.29, 1.82) is 0 Å². The molecule has 0 unspecified atom stereocenters. The fraction of sp³-hybridized carbons (Fsp3) is 0.235. The van der Waals surface area contributed by atoms with Crippen molar-refractivity contribution in [2.24, 2.45) is 4.99 Å². The van der Waals surface area contributed by atoms with Crippen molar-refractivity contribution in [3.63, 3.8) is 0 Å². The first-order valence-corrected chi connectivity index (χ1v) is 7.44. The molecule has 0 saturated carbocycles. The number of halogens is 2. The molecule has 0 aromatic heterocycles. The van der Waals surface area contributed by atoms with Crippen LogP contribution in [0.15, 0.2) is 41.4 Å². The molecule has 2 rings (SSSR count). The van der Waals surface area contributed by atoms with Crippen LogP contribution in [-0.4, -0.2) is 24.8 Å². The van der Waals surface area contributed by atoms with Gasteiger partial charge in [0.2, 0.25) is 0 Å². The number of anilines is 2. The quantitative estimate of drug-likeness (QED) is 0.610. The topological polar surface area (TPSA) is 27.6 Å². The van der Waals surface area contributed by atoms with Crippen LogP contribution in [-0.2, 0) is 0 Å². The maximum atomic E-state index is 13.0. The highest BCUT2D eigenvalue weighted by molar-refractivity contribution is 6.36. The lowest BCUT2D eigenvalue weighted by Crippen LogP contribution is -2.14. The minimum Gasteiger partial charge on any atom is -0.366 e. The summed E-state index contributed by atoms with van der Waals surface area (Å²) in [5.41, 5.74) is 3.26. The van der Waals surface area contributed by atoms with Crippen molar-refractivity contribution in [1.82, 2.24) is 4.90 Å². The molecule has 0 bridgehead atoms. The van der Waals surface area contributed by atoms with Crippen molar-refractivity contribution < 1.29 is 4.39 Å². The first-order valence-electron chi connectivity index (χ1n) is 7.06. The molecule has 0 atom stereocenters. The molecule has 0 spiro atoms. The molecule has 0 heterocycles. The Labute approximate surface area is 135 Å². The first-order chi connectivity index (χ1) is 10.5. The highest BCUT2D eigenvalue weighted by atomic mass is 35.5. The Morgan fingerprint density at radius 2 is 1.95 bits per heavy atom. The van der Waals surface area contributed by atoms with Crippen LogP contribution in [0.1, 0.15) is 12.5 Å². The van der Waals surface area contributed by atoms with Gasteiger partial charge in [-0.05, 0) is 55.8 Å². The van der Waals surface area contributed by atoms with Gasteiger partial charge < -0.3 is 10.2 Å². The van der Waals surface area contributed by atoms with Crippen LogP contribution in [0, 0.1) is 12.7 Å². The zero-order chi connectivity index (χ0) is 16.1. The maximum absolute atomic E-state index is 13.0. The normalized spacial score (nSPS) is 11.0. The molecule has 0 amide bonds. The molecule has 116 valence electrons. The number of nitrogens with zero attached hydrogens (tertiary/aromatic N) is 2. The lowest BCUT2D eigenvalue weighted by atomic mass is 10.2. The number of nitrogens with one attached hydrogen (secondary N) is 1. The van der Waals surface area contributed by atoms with Gasteiger partial charge in [0.25, 0.3) is 0 Å². The molecule has 0 aliphatic heterocycles. The van der Waals surface area contributed by atoms with Crippen molar-refractivity contribution >= 4 is 35.0 Å². The first kappa shape index (κ1) is 16.3. The summed E-state index contributed by atoms with van der Waals surface area (Å²) in [4.78, 5) is 6.39. The van der Waals surface area contributed by atoms with E-state index in [1.807, 2.05) is 37.9 Å². The van der Waals surface area contributed by atoms with E-state index >= 15 is 0 Å². The summed E-state index contributed by atoms with van der Waals surface area (Å²) in [5.74, 6) is -0.270. The van der Waals surface area contributed by atoms with Crippen LogP contribution in [0.3, 0.4) is 0 Å². The average molecular weight is 320 g/mol. The molecule has 0 aliphatic rings. The Morgan fingerprint density at radius 3 is 2.59 bits per heavy atom. The number of aliphatic imine (C=N–C) groups is 1. The number of hydrogen-bond acceptors (Lipinski definition) is 2. The van der Waals surface area contributed by atoms with Crippen molar-refractivity contribution in [3.8, 4) is 0 Å². The van der Waals surface area contributed by atoms with Crippen LogP contribution in [0.25, 0.3) is 0 Å². The second-order valence-corrected chi connectivity index (χ2v) is 5.47. The molecule has 1 N–H and O–H groups in total. The summed E-state index contributed by atoms with van der Waals surface area (Å²) in [6, 6.07) is 10.0.